The number of aromatic nitrogens is 1. The first-order valence-corrected chi connectivity index (χ1v) is 11.5. The molecule has 0 bridgehead atoms. The van der Waals surface area contributed by atoms with E-state index in [4.69, 9.17) is 4.74 Å². The number of sulfonamides is 1. The molecule has 3 heterocycles. The molecule has 3 aliphatic rings. The molecule has 1 spiro atoms. The summed E-state index contributed by atoms with van der Waals surface area (Å²) in [4.78, 5) is 4.50. The Morgan fingerprint density at radius 3 is 2.93 bits per heavy atom. The Hall–Kier alpha value is -1.48. The summed E-state index contributed by atoms with van der Waals surface area (Å²) in [5.74, 6) is 0.613. The van der Waals surface area contributed by atoms with Crippen molar-refractivity contribution in [3.63, 3.8) is 0 Å². The lowest BCUT2D eigenvalue weighted by Crippen LogP contribution is -2.39. The van der Waals surface area contributed by atoms with Gasteiger partial charge in [0, 0.05) is 25.8 Å². The predicted octanol–water partition coefficient (Wildman–Crippen LogP) is 2.07. The monoisotopic (exact) mass is 407 g/mol. The van der Waals surface area contributed by atoms with Crippen molar-refractivity contribution in [3.8, 4) is 0 Å². The fourth-order valence-corrected chi connectivity index (χ4v) is 5.87. The Morgan fingerprint density at radius 1 is 1.43 bits per heavy atom. The van der Waals surface area contributed by atoms with Crippen LogP contribution in [0.1, 0.15) is 37.7 Å². The first-order chi connectivity index (χ1) is 13.4. The van der Waals surface area contributed by atoms with Gasteiger partial charge in [-0.05, 0) is 50.2 Å². The fourth-order valence-electron chi connectivity index (χ4n) is 4.15. The Morgan fingerprint density at radius 2 is 2.25 bits per heavy atom. The maximum Gasteiger partial charge on any atom is 0.246 e. The Labute approximate surface area is 166 Å². The molecule has 2 aliphatic heterocycles. The van der Waals surface area contributed by atoms with Crippen molar-refractivity contribution in [1.29, 1.82) is 0 Å². The second kappa shape index (κ2) is 7.74. The van der Waals surface area contributed by atoms with Gasteiger partial charge in [0.2, 0.25) is 10.0 Å². The maximum atomic E-state index is 13.4. The van der Waals surface area contributed by atoms with E-state index in [0.717, 1.165) is 31.2 Å². The average Bonchev–Trinajstić information content (AvgIpc) is 3.04. The van der Waals surface area contributed by atoms with Gasteiger partial charge in [-0.3, -0.25) is 0 Å². The number of aryl methyl sites for hydroxylation is 1. The molecule has 28 heavy (non-hydrogen) atoms. The summed E-state index contributed by atoms with van der Waals surface area (Å²) in [7, 11) is -3.70. The number of pyridine rings is 1. The third kappa shape index (κ3) is 3.83. The first-order valence-electron chi connectivity index (χ1n) is 10.1. The van der Waals surface area contributed by atoms with E-state index in [-0.39, 0.29) is 4.90 Å². The minimum absolute atomic E-state index is 0.178. The number of nitrogens with one attached hydrogen (secondary N) is 1. The molecular formula is C20H29N3O4S. The second-order valence-electron chi connectivity index (χ2n) is 8.26. The topological polar surface area (TPSA) is 91.8 Å². The lowest BCUT2D eigenvalue weighted by molar-refractivity contribution is -0.0236. The Kier molecular flexibility index (Phi) is 5.48. The molecule has 2 atom stereocenters. The van der Waals surface area contributed by atoms with Crippen LogP contribution >= 0.6 is 0 Å². The highest BCUT2D eigenvalue weighted by molar-refractivity contribution is 7.89. The SMILES string of the molecule is Cc1cnc(NCC(O)C2CCC2)c(S(=O)(=O)N2CCC3(CC=CCO3)C2)c1. The van der Waals surface area contributed by atoms with Crippen LogP contribution in [-0.2, 0) is 14.8 Å². The molecule has 2 unspecified atom stereocenters. The van der Waals surface area contributed by atoms with Crippen LogP contribution < -0.4 is 5.32 Å². The molecule has 1 saturated heterocycles. The van der Waals surface area contributed by atoms with Gasteiger partial charge in [0.05, 0.1) is 18.3 Å². The van der Waals surface area contributed by atoms with Crippen LogP contribution in [0, 0.1) is 12.8 Å². The summed E-state index contributed by atoms with van der Waals surface area (Å²) in [6, 6.07) is 1.66. The van der Waals surface area contributed by atoms with Crippen LogP contribution in [0.5, 0.6) is 0 Å². The van der Waals surface area contributed by atoms with Crippen LogP contribution in [-0.4, -0.2) is 60.8 Å². The van der Waals surface area contributed by atoms with Crippen molar-refractivity contribution in [2.24, 2.45) is 5.92 Å². The molecule has 1 aromatic heterocycles. The largest absolute Gasteiger partial charge is 0.391 e. The molecular weight excluding hydrogens is 378 g/mol. The second-order valence-corrected chi connectivity index (χ2v) is 10.2. The van der Waals surface area contributed by atoms with Gasteiger partial charge in [0.25, 0.3) is 0 Å². The lowest BCUT2D eigenvalue weighted by Gasteiger charge is -2.31. The Bertz CT molecular complexity index is 853. The number of hydrogen-bond acceptors (Lipinski definition) is 6. The predicted molar refractivity (Wildman–Crippen MR) is 107 cm³/mol. The quantitative estimate of drug-likeness (QED) is 0.702. The van der Waals surface area contributed by atoms with Crippen LogP contribution in [0.25, 0.3) is 0 Å². The molecule has 2 N–H and O–H groups in total. The molecule has 154 valence electrons. The van der Waals surface area contributed by atoms with Crippen molar-refractivity contribution in [2.45, 2.75) is 55.6 Å². The summed E-state index contributed by atoms with van der Waals surface area (Å²) in [6.45, 7) is 3.47. The van der Waals surface area contributed by atoms with Crippen LogP contribution in [0.3, 0.4) is 0 Å². The summed E-state index contributed by atoms with van der Waals surface area (Å²) in [5, 5.41) is 13.4. The van der Waals surface area contributed by atoms with E-state index in [0.29, 0.717) is 44.4 Å². The number of aliphatic hydroxyl groups is 1. The van der Waals surface area contributed by atoms with Crippen LogP contribution in [0.15, 0.2) is 29.3 Å². The highest BCUT2D eigenvalue weighted by Crippen LogP contribution is 2.36. The van der Waals surface area contributed by atoms with E-state index >= 15 is 0 Å². The molecule has 8 heteroatoms. The highest BCUT2D eigenvalue weighted by atomic mass is 32.2. The zero-order chi connectivity index (χ0) is 19.8. The molecule has 1 aliphatic carbocycles. The van der Waals surface area contributed by atoms with Gasteiger partial charge < -0.3 is 15.2 Å². The summed E-state index contributed by atoms with van der Waals surface area (Å²) >= 11 is 0. The first kappa shape index (κ1) is 19.8. The van der Waals surface area contributed by atoms with E-state index < -0.39 is 21.7 Å². The number of anilines is 1. The number of aliphatic hydroxyl groups excluding tert-OH is 1. The van der Waals surface area contributed by atoms with E-state index in [1.54, 1.807) is 12.3 Å². The highest BCUT2D eigenvalue weighted by Gasteiger charge is 2.44. The molecule has 0 aromatic carbocycles. The van der Waals surface area contributed by atoms with Gasteiger partial charge in [-0.15, -0.1) is 0 Å². The zero-order valence-corrected chi connectivity index (χ0v) is 17.1. The van der Waals surface area contributed by atoms with Crippen LogP contribution in [0.4, 0.5) is 5.82 Å². The van der Waals surface area contributed by atoms with Gasteiger partial charge in [-0.2, -0.15) is 4.31 Å². The number of ether oxygens (including phenoxy) is 1. The summed E-state index contributed by atoms with van der Waals surface area (Å²) in [6.07, 6.45) is 9.85. The van der Waals surface area contributed by atoms with Gasteiger partial charge in [0.1, 0.15) is 10.7 Å². The summed E-state index contributed by atoms with van der Waals surface area (Å²) in [5.41, 5.74) is 0.377. The van der Waals surface area contributed by atoms with Crippen molar-refractivity contribution in [1.82, 2.24) is 9.29 Å². The molecule has 0 amide bonds. The molecule has 2 fully saturated rings. The van der Waals surface area contributed by atoms with E-state index in [1.807, 2.05) is 13.0 Å². The Balaban J connectivity index is 1.53. The molecule has 4 rings (SSSR count). The lowest BCUT2D eigenvalue weighted by atomic mass is 9.81. The van der Waals surface area contributed by atoms with Crippen molar-refractivity contribution >= 4 is 15.8 Å². The number of rotatable bonds is 6. The molecule has 1 aromatic rings. The average molecular weight is 408 g/mol. The number of hydrogen-bond donors (Lipinski definition) is 2. The maximum absolute atomic E-state index is 13.4. The smallest absolute Gasteiger partial charge is 0.246 e. The standard InChI is InChI=1S/C20H29N3O4S/c1-15-11-18(19(21-12-15)22-13-17(24)16-5-4-6-16)28(25,26)23-9-8-20(14-23)7-2-3-10-27-20/h2-3,11-12,16-17,24H,4-10,13-14H2,1H3,(H,21,22). The number of nitrogens with zero attached hydrogens (tertiary/aromatic N) is 2. The molecule has 1 saturated carbocycles. The fraction of sp³-hybridized carbons (Fsp3) is 0.650. The van der Waals surface area contributed by atoms with Gasteiger partial charge >= 0.3 is 0 Å². The molecule has 0 radical (unpaired) electrons. The van der Waals surface area contributed by atoms with Crippen molar-refractivity contribution in [2.75, 3.05) is 31.6 Å². The minimum Gasteiger partial charge on any atom is -0.391 e. The summed E-state index contributed by atoms with van der Waals surface area (Å²) < 4.78 is 34.2. The third-order valence-corrected chi connectivity index (χ3v) is 8.06. The minimum atomic E-state index is -3.70. The normalized spacial score (nSPS) is 27.1. The zero-order valence-electron chi connectivity index (χ0n) is 16.3. The molecule has 7 nitrogen and oxygen atoms in total. The van der Waals surface area contributed by atoms with E-state index in [1.165, 1.54) is 4.31 Å². The van der Waals surface area contributed by atoms with E-state index in [9.17, 15) is 13.5 Å². The van der Waals surface area contributed by atoms with Crippen molar-refractivity contribution < 1.29 is 18.3 Å². The van der Waals surface area contributed by atoms with Crippen LogP contribution in [0.2, 0.25) is 0 Å². The van der Waals surface area contributed by atoms with Gasteiger partial charge in [0.15, 0.2) is 0 Å². The third-order valence-electron chi connectivity index (χ3n) is 6.20. The van der Waals surface area contributed by atoms with E-state index in [2.05, 4.69) is 16.4 Å². The van der Waals surface area contributed by atoms with Gasteiger partial charge in [-0.25, -0.2) is 13.4 Å². The van der Waals surface area contributed by atoms with Gasteiger partial charge in [-0.1, -0.05) is 18.6 Å². The van der Waals surface area contributed by atoms with Crippen molar-refractivity contribution in [3.05, 3.63) is 30.0 Å².